The molecule has 2 aromatic heterocycles. The minimum Gasteiger partial charge on any atom is -0.481 e. The number of aromatic nitrogens is 2. The Morgan fingerprint density at radius 2 is 1.00 bits per heavy atom. The summed E-state index contributed by atoms with van der Waals surface area (Å²) >= 11 is 0. The predicted molar refractivity (Wildman–Crippen MR) is 143 cm³/mol. The van der Waals surface area contributed by atoms with Gasteiger partial charge in [-0.1, -0.05) is 35.4 Å². The molecule has 0 spiro atoms. The maximum Gasteiger partial charge on any atom is 0.300 e. The molecule has 0 saturated carbocycles. The Morgan fingerprint density at radius 3 is 1.31 bits per heavy atom. The van der Waals surface area contributed by atoms with Crippen molar-refractivity contribution in [3.05, 3.63) is 109 Å². The average molecular weight is 757 g/mol. The third kappa shape index (κ3) is 11.4. The fourth-order valence-corrected chi connectivity index (χ4v) is 3.10. The van der Waals surface area contributed by atoms with E-state index in [2.05, 4.69) is 22.1 Å². The number of nitrogens with zero attached hydrogens (tertiary/aromatic N) is 2. The zero-order valence-corrected chi connectivity index (χ0v) is 25.0. The number of carboxylic acids is 2. The van der Waals surface area contributed by atoms with Gasteiger partial charge >= 0.3 is 0 Å². The fraction of sp³-hybridized carbons (Fsp3) is 0.0667. The molecule has 2 heterocycles. The number of carboxylic acid groups (broad SMARTS) is 2. The van der Waals surface area contributed by atoms with Crippen LogP contribution < -0.4 is 0 Å². The van der Waals surface area contributed by atoms with Crippen LogP contribution in [0.2, 0.25) is 0 Å². The third-order valence-electron chi connectivity index (χ3n) is 4.58. The molecule has 0 aliphatic heterocycles. The Morgan fingerprint density at radius 1 is 0.667 bits per heavy atom. The molecule has 4 aromatic carbocycles. The van der Waals surface area contributed by atoms with Gasteiger partial charge in [-0.15, -0.1) is 48.5 Å². The van der Waals surface area contributed by atoms with Gasteiger partial charge in [-0.3, -0.25) is 19.6 Å². The van der Waals surface area contributed by atoms with Crippen LogP contribution in [0.1, 0.15) is 13.8 Å². The Labute approximate surface area is 266 Å². The second-order valence-corrected chi connectivity index (χ2v) is 7.85. The second-order valence-electron chi connectivity index (χ2n) is 7.85. The number of halogens is 2. The molecule has 0 aliphatic carbocycles. The van der Waals surface area contributed by atoms with E-state index in [0.29, 0.717) is 34.1 Å². The summed E-state index contributed by atoms with van der Waals surface area (Å²) in [6.45, 7) is 2.17. The molecule has 0 saturated heterocycles. The number of hydrogen-bond donors (Lipinski definition) is 2. The second kappa shape index (κ2) is 17.7. The van der Waals surface area contributed by atoms with Crippen LogP contribution >= 0.6 is 0 Å². The smallest absolute Gasteiger partial charge is 0.300 e. The van der Waals surface area contributed by atoms with Gasteiger partial charge in [-0.2, -0.15) is 0 Å². The van der Waals surface area contributed by atoms with Crippen molar-refractivity contribution in [1.29, 1.82) is 0 Å². The summed E-state index contributed by atoms with van der Waals surface area (Å²) in [5, 5.41) is 14.8. The van der Waals surface area contributed by atoms with Gasteiger partial charge in [-0.25, -0.2) is 8.78 Å². The van der Waals surface area contributed by atoms with Crippen LogP contribution in [0.25, 0.3) is 45.1 Å². The van der Waals surface area contributed by atoms with Crippen LogP contribution in [0.3, 0.4) is 0 Å². The number of carbonyl (C=O) groups is 2. The molecule has 6 rings (SSSR count). The minimum atomic E-state index is -0.833. The molecule has 8 nitrogen and oxygen atoms in total. The fourth-order valence-electron chi connectivity index (χ4n) is 3.10. The third-order valence-corrected chi connectivity index (χ3v) is 4.58. The first-order chi connectivity index (χ1) is 19.1. The maximum absolute atomic E-state index is 13.0. The first-order valence-corrected chi connectivity index (χ1v) is 11.6. The standard InChI is InChI=1S/2C13H7FNO.2C2H4O2.2Pd/c2*14-10-5-3-4-9(8-10)13-15-11-6-1-2-7-12(11)16-13;2*1-2(3)4;;/h2*1-3,5-8H;2*1H3,(H,3,4);;/q2*-1;;;;. The molecule has 2 N–H and O–H groups in total. The van der Waals surface area contributed by atoms with Gasteiger partial charge < -0.3 is 19.0 Å². The van der Waals surface area contributed by atoms with Crippen LogP contribution in [0.5, 0.6) is 0 Å². The van der Waals surface area contributed by atoms with E-state index in [1.54, 1.807) is 0 Å². The zero-order valence-electron chi connectivity index (χ0n) is 21.9. The number of hydrogen-bond acceptors (Lipinski definition) is 6. The molecule has 0 aliphatic rings. The average Bonchev–Trinajstić information content (AvgIpc) is 3.53. The molecule has 12 heteroatoms. The topological polar surface area (TPSA) is 127 Å². The van der Waals surface area contributed by atoms with Crippen molar-refractivity contribution in [2.75, 3.05) is 0 Å². The Balaban J connectivity index is 0.000000324. The molecule has 0 bridgehead atoms. The van der Waals surface area contributed by atoms with Crippen LogP contribution in [0, 0.1) is 23.8 Å². The molecule has 224 valence electrons. The van der Waals surface area contributed by atoms with Crippen molar-refractivity contribution in [2.45, 2.75) is 13.8 Å². The summed E-state index contributed by atoms with van der Waals surface area (Å²) < 4.78 is 37.0. The zero-order chi connectivity index (χ0) is 29.1. The van der Waals surface area contributed by atoms with Crippen molar-refractivity contribution < 1.29 is 78.3 Å². The Hall–Kier alpha value is -4.06. The quantitative estimate of drug-likeness (QED) is 0.142. The van der Waals surface area contributed by atoms with E-state index in [4.69, 9.17) is 28.6 Å². The van der Waals surface area contributed by atoms with E-state index in [9.17, 15) is 8.78 Å². The first-order valence-electron chi connectivity index (χ1n) is 11.6. The van der Waals surface area contributed by atoms with Gasteiger partial charge in [0.25, 0.3) is 11.9 Å². The van der Waals surface area contributed by atoms with Crippen LogP contribution in [0.4, 0.5) is 8.78 Å². The van der Waals surface area contributed by atoms with E-state index in [1.165, 1.54) is 36.4 Å². The van der Waals surface area contributed by atoms with Crippen molar-refractivity contribution in [3.63, 3.8) is 0 Å². The van der Waals surface area contributed by atoms with E-state index in [1.807, 2.05) is 48.5 Å². The number of fused-ring (bicyclic) bond motifs is 2. The number of benzene rings is 4. The molecule has 6 aromatic rings. The predicted octanol–water partition coefficient (Wildman–Crippen LogP) is 7.04. The summed E-state index contributed by atoms with van der Waals surface area (Å²) in [7, 11) is 0. The van der Waals surface area contributed by atoms with Gasteiger partial charge in [0.15, 0.2) is 0 Å². The summed E-state index contributed by atoms with van der Waals surface area (Å²) in [5.41, 5.74) is 3.95. The molecule has 0 amide bonds. The van der Waals surface area contributed by atoms with E-state index in [0.717, 1.165) is 24.9 Å². The molecule has 42 heavy (non-hydrogen) atoms. The molecule has 0 radical (unpaired) electrons. The molecule has 0 unspecified atom stereocenters. The number of para-hydroxylation sites is 4. The Bertz CT molecular complexity index is 1540. The maximum atomic E-state index is 13.0. The summed E-state index contributed by atoms with van der Waals surface area (Å²) in [5.74, 6) is -1.53. The van der Waals surface area contributed by atoms with Crippen LogP contribution in [-0.4, -0.2) is 32.1 Å². The monoisotopic (exact) mass is 756 g/mol. The summed E-state index contributed by atoms with van der Waals surface area (Å²) in [6, 6.07) is 29.0. The van der Waals surface area contributed by atoms with Gasteiger partial charge in [-0.05, 0) is 24.3 Å². The van der Waals surface area contributed by atoms with Gasteiger partial charge in [0.05, 0.1) is 11.0 Å². The minimum absolute atomic E-state index is 0. The molecular formula is C30H22F2N2O6Pd2-2. The van der Waals surface area contributed by atoms with Gasteiger partial charge in [0, 0.05) is 66.3 Å². The van der Waals surface area contributed by atoms with Gasteiger partial charge in [0.1, 0.15) is 22.9 Å². The molecule has 0 atom stereocenters. The molecular weight excluding hydrogens is 735 g/mol. The van der Waals surface area contributed by atoms with E-state index >= 15 is 0 Å². The normalized spacial score (nSPS) is 9.43. The van der Waals surface area contributed by atoms with Crippen LogP contribution in [-0.2, 0) is 50.4 Å². The number of oxazole rings is 2. The SMILES string of the molecule is CC(=O)O.CC(=O)O.Fc1cc[c-]c(-c2nc3ccccc3o2)c1.Fc1cc[c-]c(-c2nc3ccccc3o2)c1.[Pd].[Pd]. The van der Waals surface area contributed by atoms with Crippen molar-refractivity contribution in [3.8, 4) is 22.9 Å². The van der Waals surface area contributed by atoms with Gasteiger partial charge in [0.2, 0.25) is 0 Å². The Kier molecular flexibility index (Phi) is 15.2. The summed E-state index contributed by atoms with van der Waals surface area (Å²) in [4.78, 5) is 26.5. The first kappa shape index (κ1) is 36.0. The largest absolute Gasteiger partial charge is 0.481 e. The molecule has 0 fully saturated rings. The van der Waals surface area contributed by atoms with Crippen molar-refractivity contribution in [1.82, 2.24) is 9.97 Å². The van der Waals surface area contributed by atoms with Crippen LogP contribution in [0.15, 0.2) is 93.8 Å². The van der Waals surface area contributed by atoms with Crippen molar-refractivity contribution in [2.24, 2.45) is 0 Å². The summed E-state index contributed by atoms with van der Waals surface area (Å²) in [6.07, 6.45) is 0. The number of aliphatic carboxylic acids is 2. The van der Waals surface area contributed by atoms with E-state index in [-0.39, 0.29) is 52.5 Å². The van der Waals surface area contributed by atoms with Crippen molar-refractivity contribution >= 4 is 34.1 Å². The van der Waals surface area contributed by atoms with E-state index < -0.39 is 11.9 Å². The number of rotatable bonds is 2.